The van der Waals surface area contributed by atoms with Crippen molar-refractivity contribution in [1.29, 1.82) is 0 Å². The molecule has 0 unspecified atom stereocenters. The van der Waals surface area contributed by atoms with Crippen LogP contribution in [0.3, 0.4) is 0 Å². The van der Waals surface area contributed by atoms with Crippen LogP contribution in [0.1, 0.15) is 5.56 Å². The lowest BCUT2D eigenvalue weighted by Gasteiger charge is -2.07. The zero-order valence-electron chi connectivity index (χ0n) is 17.5. The molecule has 0 aliphatic carbocycles. The zero-order chi connectivity index (χ0) is 23.7. The second-order valence-electron chi connectivity index (χ2n) is 7.36. The maximum Gasteiger partial charge on any atom is 0.341 e. The summed E-state index contributed by atoms with van der Waals surface area (Å²) in [7, 11) is 0. The van der Waals surface area contributed by atoms with E-state index in [1.807, 2.05) is 0 Å². The molecule has 0 atom stereocenters. The number of ether oxygens (including phenoxy) is 1. The van der Waals surface area contributed by atoms with E-state index < -0.39 is 12.6 Å². The van der Waals surface area contributed by atoms with E-state index in [9.17, 15) is 9.59 Å². The number of aromatic nitrogens is 2. The maximum atomic E-state index is 13.3. The van der Waals surface area contributed by atoms with Gasteiger partial charge in [0.25, 0.3) is 5.56 Å². The molecule has 2 aromatic heterocycles. The first-order chi connectivity index (χ1) is 16.5. The minimum absolute atomic E-state index is 0.227. The monoisotopic (exact) mass is 473 g/mol. The van der Waals surface area contributed by atoms with Crippen LogP contribution in [0.5, 0.6) is 5.75 Å². The van der Waals surface area contributed by atoms with E-state index >= 15 is 0 Å². The number of carboxylic acids is 1. The highest BCUT2D eigenvalue weighted by Gasteiger charge is 2.16. The molecule has 8 nitrogen and oxygen atoms in total. The van der Waals surface area contributed by atoms with Gasteiger partial charge in [-0.2, -0.15) is 9.78 Å². The van der Waals surface area contributed by atoms with Gasteiger partial charge in [-0.05, 0) is 54.1 Å². The summed E-state index contributed by atoms with van der Waals surface area (Å²) in [6.07, 6.45) is 1.47. The van der Waals surface area contributed by atoms with E-state index in [2.05, 4.69) is 10.1 Å². The second-order valence-corrected chi connectivity index (χ2v) is 7.80. The summed E-state index contributed by atoms with van der Waals surface area (Å²) in [6.45, 7) is -0.463. The largest absolute Gasteiger partial charge is 0.482 e. The molecule has 0 bridgehead atoms. The van der Waals surface area contributed by atoms with Crippen LogP contribution < -0.4 is 10.3 Å². The van der Waals surface area contributed by atoms with Crippen molar-refractivity contribution in [3.63, 3.8) is 0 Å². The van der Waals surface area contributed by atoms with Crippen molar-refractivity contribution in [3.8, 4) is 17.3 Å². The third kappa shape index (κ3) is 4.26. The highest BCUT2D eigenvalue weighted by molar-refractivity contribution is 6.31. The summed E-state index contributed by atoms with van der Waals surface area (Å²) in [4.78, 5) is 28.7. The van der Waals surface area contributed by atoms with Crippen molar-refractivity contribution in [3.05, 3.63) is 93.7 Å². The molecule has 0 radical (unpaired) electrons. The Kier molecular flexibility index (Phi) is 5.57. The smallest absolute Gasteiger partial charge is 0.341 e. The van der Waals surface area contributed by atoms with Crippen LogP contribution in [0.4, 0.5) is 0 Å². The van der Waals surface area contributed by atoms with Crippen LogP contribution in [0.15, 0.2) is 87.1 Å². The summed E-state index contributed by atoms with van der Waals surface area (Å²) >= 11 is 6.10. The predicted molar refractivity (Wildman–Crippen MR) is 129 cm³/mol. The Morgan fingerprint density at radius 3 is 2.82 bits per heavy atom. The number of aliphatic carboxylic acids is 1. The van der Waals surface area contributed by atoms with E-state index in [4.69, 9.17) is 25.9 Å². The predicted octanol–water partition coefficient (Wildman–Crippen LogP) is 4.81. The second kappa shape index (κ2) is 8.84. The lowest BCUT2D eigenvalue weighted by Crippen LogP contribution is -2.20. The van der Waals surface area contributed by atoms with Crippen LogP contribution in [-0.4, -0.2) is 33.6 Å². The van der Waals surface area contributed by atoms with E-state index in [-0.39, 0.29) is 11.4 Å². The quantitative estimate of drug-likeness (QED) is 0.355. The van der Waals surface area contributed by atoms with Gasteiger partial charge in [0.1, 0.15) is 11.3 Å². The Balaban J connectivity index is 1.62. The fraction of sp³-hybridized carbons (Fsp3) is 0.0400. The van der Waals surface area contributed by atoms with Gasteiger partial charge in [0, 0.05) is 10.4 Å². The maximum absolute atomic E-state index is 13.3. The average Bonchev–Trinajstić information content (AvgIpc) is 3.25. The number of para-hydroxylation sites is 1. The molecule has 1 N–H and O–H groups in total. The first-order valence-electron chi connectivity index (χ1n) is 10.2. The van der Waals surface area contributed by atoms with Crippen molar-refractivity contribution < 1.29 is 19.1 Å². The van der Waals surface area contributed by atoms with E-state index in [0.29, 0.717) is 38.6 Å². The summed E-state index contributed by atoms with van der Waals surface area (Å²) in [5.74, 6) is -0.129. The molecule has 5 rings (SSSR count). The minimum Gasteiger partial charge on any atom is -0.482 e. The topological polar surface area (TPSA) is 107 Å². The molecular formula is C25H16ClN3O5. The molecule has 0 spiro atoms. The SMILES string of the molecule is O=C(O)COc1cccc(C=Nn2c(-c3cc4cc(Cl)ccc4o3)nc3ccccc3c2=O)c1. The van der Waals surface area contributed by atoms with Gasteiger partial charge in [-0.25, -0.2) is 9.78 Å². The van der Waals surface area contributed by atoms with E-state index in [0.717, 1.165) is 5.39 Å². The number of carboxylic acid groups (broad SMARTS) is 1. The average molecular weight is 474 g/mol. The first-order valence-corrected chi connectivity index (χ1v) is 10.6. The Bertz CT molecular complexity index is 1640. The van der Waals surface area contributed by atoms with Crippen LogP contribution in [-0.2, 0) is 4.79 Å². The lowest BCUT2D eigenvalue weighted by molar-refractivity contribution is -0.139. The Labute approximate surface area is 197 Å². The van der Waals surface area contributed by atoms with Crippen LogP contribution in [0, 0.1) is 0 Å². The van der Waals surface area contributed by atoms with Gasteiger partial charge in [0.2, 0.25) is 5.82 Å². The van der Waals surface area contributed by atoms with E-state index in [1.54, 1.807) is 72.8 Å². The number of hydrogen-bond acceptors (Lipinski definition) is 6. The van der Waals surface area contributed by atoms with Gasteiger partial charge in [0.05, 0.1) is 17.1 Å². The van der Waals surface area contributed by atoms with Crippen molar-refractivity contribution in [2.75, 3.05) is 6.61 Å². The van der Waals surface area contributed by atoms with Gasteiger partial charge in [0.15, 0.2) is 12.4 Å². The number of furan rings is 1. The normalized spacial score (nSPS) is 11.4. The molecule has 0 saturated heterocycles. The molecule has 0 amide bonds. The number of halogens is 1. The number of rotatable bonds is 6. The molecule has 0 saturated carbocycles. The summed E-state index contributed by atoms with van der Waals surface area (Å²) < 4.78 is 12.3. The van der Waals surface area contributed by atoms with Gasteiger partial charge in [-0.1, -0.05) is 35.9 Å². The van der Waals surface area contributed by atoms with Crippen molar-refractivity contribution in [2.24, 2.45) is 5.10 Å². The fourth-order valence-electron chi connectivity index (χ4n) is 3.47. The number of benzene rings is 3. The van der Waals surface area contributed by atoms with Crippen LogP contribution >= 0.6 is 11.6 Å². The highest BCUT2D eigenvalue weighted by atomic mass is 35.5. The standard InChI is InChI=1S/C25H16ClN3O5/c26-17-8-9-21-16(11-17)12-22(34-21)24-28-20-7-2-1-6-19(20)25(32)29(24)27-13-15-4-3-5-18(10-15)33-14-23(30)31/h1-13H,14H2,(H,30,31). The molecule has 0 fully saturated rings. The Morgan fingerprint density at radius 1 is 1.12 bits per heavy atom. The van der Waals surface area contributed by atoms with Crippen LogP contribution in [0.2, 0.25) is 5.02 Å². The lowest BCUT2D eigenvalue weighted by atomic mass is 10.2. The third-order valence-corrected chi connectivity index (χ3v) is 5.23. The molecule has 5 aromatic rings. The number of carbonyl (C=O) groups is 1. The van der Waals surface area contributed by atoms with Crippen molar-refractivity contribution in [1.82, 2.24) is 9.66 Å². The number of nitrogens with zero attached hydrogens (tertiary/aromatic N) is 3. The Morgan fingerprint density at radius 2 is 1.97 bits per heavy atom. The van der Waals surface area contributed by atoms with Gasteiger partial charge in [-0.15, -0.1) is 0 Å². The summed E-state index contributed by atoms with van der Waals surface area (Å²) in [6, 6.07) is 20.7. The summed E-state index contributed by atoms with van der Waals surface area (Å²) in [5.41, 5.74) is 1.34. The van der Waals surface area contributed by atoms with Crippen LogP contribution in [0.25, 0.3) is 33.5 Å². The molecule has 34 heavy (non-hydrogen) atoms. The highest BCUT2D eigenvalue weighted by Crippen LogP contribution is 2.29. The fourth-order valence-corrected chi connectivity index (χ4v) is 3.65. The Hall–Kier alpha value is -4.43. The van der Waals surface area contributed by atoms with Gasteiger partial charge in [-0.3, -0.25) is 4.79 Å². The van der Waals surface area contributed by atoms with Crippen molar-refractivity contribution >= 4 is 45.7 Å². The van der Waals surface area contributed by atoms with Gasteiger partial charge < -0.3 is 14.3 Å². The van der Waals surface area contributed by atoms with Crippen molar-refractivity contribution in [2.45, 2.75) is 0 Å². The molecular weight excluding hydrogens is 458 g/mol. The zero-order valence-corrected chi connectivity index (χ0v) is 18.3. The molecule has 168 valence electrons. The summed E-state index contributed by atoms with van der Waals surface area (Å²) in [5, 5.41) is 14.9. The third-order valence-electron chi connectivity index (χ3n) is 5.00. The van der Waals surface area contributed by atoms with Gasteiger partial charge >= 0.3 is 5.97 Å². The number of hydrogen-bond donors (Lipinski definition) is 1. The molecule has 2 heterocycles. The van der Waals surface area contributed by atoms with E-state index in [1.165, 1.54) is 10.9 Å². The molecule has 0 aliphatic heterocycles. The first kappa shape index (κ1) is 21.4. The minimum atomic E-state index is -1.08. The molecule has 0 aliphatic rings. The molecule has 3 aromatic carbocycles. The number of fused-ring (bicyclic) bond motifs is 2. The molecule has 9 heteroatoms.